The van der Waals surface area contributed by atoms with Gasteiger partial charge in [0.05, 0.1) is 58.4 Å². The molecule has 2 aromatic carbocycles. The molecule has 0 radical (unpaired) electrons. The van der Waals surface area contributed by atoms with Crippen molar-refractivity contribution in [3.63, 3.8) is 0 Å². The van der Waals surface area contributed by atoms with E-state index in [0.29, 0.717) is 37.4 Å². The number of nitrogens with one attached hydrogen (secondary N) is 4. The maximum atomic E-state index is 14.4. The third-order valence-electron chi connectivity index (χ3n) is 16.3. The molecular formula is C58H84ClN8O16P. The van der Waals surface area contributed by atoms with Crippen LogP contribution in [0.4, 0.5) is 10.5 Å². The van der Waals surface area contributed by atoms with Gasteiger partial charge in [0, 0.05) is 70.2 Å². The second-order valence-corrected chi connectivity index (χ2v) is 25.0. The number of benzene rings is 2. The van der Waals surface area contributed by atoms with E-state index in [-0.39, 0.29) is 82.2 Å². The highest BCUT2D eigenvalue weighted by molar-refractivity contribution is 7.55. The number of carboxylic acid groups (broad SMARTS) is 1. The molecule has 1 unspecified atom stereocenters. The number of fused-ring (bicyclic) bond motifs is 6. The van der Waals surface area contributed by atoms with Crippen LogP contribution >= 0.6 is 19.1 Å². The van der Waals surface area contributed by atoms with Crippen molar-refractivity contribution >= 4 is 71.5 Å². The summed E-state index contributed by atoms with van der Waals surface area (Å²) in [5.74, 6) is -3.80. The number of halogens is 1. The van der Waals surface area contributed by atoms with Crippen molar-refractivity contribution in [3.05, 3.63) is 82.5 Å². The van der Waals surface area contributed by atoms with Gasteiger partial charge < -0.3 is 63.6 Å². The monoisotopic (exact) mass is 1210 g/mol. The summed E-state index contributed by atoms with van der Waals surface area (Å²) in [5.41, 5.74) is 4.31. The number of carboxylic acids is 1. The van der Waals surface area contributed by atoms with Crippen molar-refractivity contribution in [2.24, 2.45) is 17.3 Å². The fourth-order valence-corrected chi connectivity index (χ4v) is 12.5. The van der Waals surface area contributed by atoms with Crippen molar-refractivity contribution in [2.75, 3.05) is 86.4 Å². The summed E-state index contributed by atoms with van der Waals surface area (Å²) in [7, 11) is 5.24. The fraction of sp³-hybridized carbons (Fsp3) is 0.586. The minimum atomic E-state index is -4.24. The summed E-state index contributed by atoms with van der Waals surface area (Å²) in [6.45, 7) is 7.89. The molecule has 24 nitrogen and oxygen atoms in total. The van der Waals surface area contributed by atoms with Crippen LogP contribution in [0.5, 0.6) is 5.75 Å². The number of methoxy groups -OCH3 is 2. The maximum absolute atomic E-state index is 14.4. The first-order valence-corrected chi connectivity index (χ1v) is 30.3. The minimum absolute atomic E-state index is 0.0113. The number of ether oxygens (including phenoxy) is 6. The van der Waals surface area contributed by atoms with Crippen molar-refractivity contribution in [1.29, 1.82) is 0 Å². The van der Waals surface area contributed by atoms with Gasteiger partial charge in [-0.3, -0.25) is 39.3 Å². The Morgan fingerprint density at radius 1 is 1.04 bits per heavy atom. The Morgan fingerprint density at radius 2 is 1.75 bits per heavy atom. The molecule has 84 heavy (non-hydrogen) atoms. The number of likely N-dealkylation sites (N-methyl/N-ethyl adjacent to an activating group) is 1. The van der Waals surface area contributed by atoms with Gasteiger partial charge in [0.1, 0.15) is 41.2 Å². The Hall–Kier alpha value is -5.92. The van der Waals surface area contributed by atoms with Crippen LogP contribution in [0, 0.1) is 17.3 Å². The number of esters is 1. The first-order chi connectivity index (χ1) is 39.7. The molecule has 6 rings (SSSR count). The molecule has 26 heteroatoms. The van der Waals surface area contributed by atoms with E-state index in [1.165, 1.54) is 33.1 Å². The summed E-state index contributed by atoms with van der Waals surface area (Å²) in [6, 6.07) is 11.0. The summed E-state index contributed by atoms with van der Waals surface area (Å²) in [6.07, 6.45) is 1.20. The standard InChI is InChI=1S/C58H84ClN8O16P/c1-36-14-13-17-48(79-10)58(75)34-47(82-56(74)63-58)37(2)42-33-57(42,4)49(32-51(69)65(7)45-29-39(28-36)30-46(78-9)53(45)59)83-55(73)38(3)66(8)84(76,77)27-26-81-25-24-80-23-21-61-54(72)43(18-19-52(70)71)62-50(68)20-22-67-41(35-64(6)60-5)31-40-15-11-12-16-44(40)67/h11-17,29-31,37-38,42-43,47-49,60,75H,18-28,32-35H2,1-10H3,(H,61,72)(H,62,68)(H,63,74)(H,70,71)(H,76,77)/b17-13+,36-14+/t37-,38-,42-,43-,47-,48+,49-,57-,58-/m0/s1. The van der Waals surface area contributed by atoms with E-state index < -0.39 is 90.7 Å². The number of nitrogens with zero attached hydrogens (tertiary/aromatic N) is 4. The third kappa shape index (κ3) is 17.4. The number of aliphatic carboxylic acids is 1. The van der Waals surface area contributed by atoms with Crippen LogP contribution in [0.2, 0.25) is 5.02 Å². The van der Waals surface area contributed by atoms with Gasteiger partial charge in [-0.2, -0.15) is 0 Å². The summed E-state index contributed by atoms with van der Waals surface area (Å²) >= 11 is 6.84. The number of carbonyl (C=O) groups is 6. The second kappa shape index (κ2) is 29.9. The molecule has 1 saturated heterocycles. The zero-order chi connectivity index (χ0) is 61.7. The molecular weight excluding hydrogens is 1130 g/mol. The molecule has 1 aliphatic carbocycles. The van der Waals surface area contributed by atoms with Crippen LogP contribution in [0.1, 0.15) is 77.5 Å². The first-order valence-electron chi connectivity index (χ1n) is 28.1. The number of anilines is 1. The number of amides is 4. The number of carbonyl (C=O) groups excluding carboxylic acids is 5. The van der Waals surface area contributed by atoms with Gasteiger partial charge in [0.2, 0.25) is 17.7 Å². The second-order valence-electron chi connectivity index (χ2n) is 22.2. The quantitative estimate of drug-likeness (QED) is 0.0237. The molecule has 0 spiro atoms. The molecule has 3 aliphatic rings. The van der Waals surface area contributed by atoms with Gasteiger partial charge in [-0.25, -0.2) is 14.5 Å². The van der Waals surface area contributed by atoms with Gasteiger partial charge in [-0.15, -0.1) is 0 Å². The number of aryl methyl sites for hydroxylation is 1. The van der Waals surface area contributed by atoms with E-state index in [1.54, 1.807) is 31.3 Å². The van der Waals surface area contributed by atoms with Gasteiger partial charge >= 0.3 is 18.0 Å². The van der Waals surface area contributed by atoms with Crippen molar-refractivity contribution in [1.82, 2.24) is 35.6 Å². The summed E-state index contributed by atoms with van der Waals surface area (Å²) in [4.78, 5) is 92.2. The first kappa shape index (κ1) is 67.2. The number of allylic oxidation sites excluding steroid dienone is 3. The van der Waals surface area contributed by atoms with Gasteiger partial charge in [-0.05, 0) is 94.3 Å². The number of hydrogen-bond donors (Lipinski definition) is 7. The third-order valence-corrected chi connectivity index (χ3v) is 18.8. The topological polar surface area (TPSA) is 298 Å². The zero-order valence-corrected chi connectivity index (χ0v) is 51.3. The number of alkyl carbamates (subject to hydrolysis) is 1. The van der Waals surface area contributed by atoms with E-state index in [1.807, 2.05) is 74.8 Å². The molecule has 7 N–H and O–H groups in total. The molecule has 4 bridgehead atoms. The minimum Gasteiger partial charge on any atom is -0.495 e. The van der Waals surface area contributed by atoms with Crippen LogP contribution in [0.3, 0.4) is 0 Å². The van der Waals surface area contributed by atoms with Gasteiger partial charge in [-0.1, -0.05) is 67.4 Å². The number of hydrazine groups is 1. The highest BCUT2D eigenvalue weighted by atomic mass is 35.5. The van der Waals surface area contributed by atoms with Crippen LogP contribution in [0.25, 0.3) is 10.9 Å². The summed E-state index contributed by atoms with van der Waals surface area (Å²) in [5, 5.41) is 32.3. The smallest absolute Gasteiger partial charge is 0.409 e. The molecule has 3 heterocycles. The van der Waals surface area contributed by atoms with E-state index >= 15 is 0 Å². The number of aromatic nitrogens is 1. The maximum Gasteiger partial charge on any atom is 0.409 e. The van der Waals surface area contributed by atoms with Crippen LogP contribution in [0.15, 0.2) is 66.3 Å². The molecule has 4 amide bonds. The molecule has 464 valence electrons. The zero-order valence-electron chi connectivity index (χ0n) is 49.7. The molecule has 2 aliphatic heterocycles. The van der Waals surface area contributed by atoms with Crippen LogP contribution in [-0.2, 0) is 71.7 Å². The highest BCUT2D eigenvalue weighted by Crippen LogP contribution is 2.62. The Labute approximate surface area is 495 Å². The number of aliphatic hydroxyl groups is 1. The Kier molecular flexibility index (Phi) is 24.0. The Morgan fingerprint density at radius 3 is 2.44 bits per heavy atom. The van der Waals surface area contributed by atoms with Crippen LogP contribution in [-0.4, -0.2) is 183 Å². The number of rotatable bonds is 26. The lowest BCUT2D eigenvalue weighted by molar-refractivity contribution is -0.159. The van der Waals surface area contributed by atoms with E-state index in [4.69, 9.17) is 40.0 Å². The van der Waals surface area contributed by atoms with E-state index in [9.17, 15) is 48.4 Å². The fourth-order valence-electron chi connectivity index (χ4n) is 10.9. The lowest BCUT2D eigenvalue weighted by Gasteiger charge is -2.42. The molecule has 2 fully saturated rings. The number of hydrogen-bond acceptors (Lipinski definition) is 16. The van der Waals surface area contributed by atoms with Crippen molar-refractivity contribution < 1.29 is 76.9 Å². The molecule has 1 aromatic heterocycles. The van der Waals surface area contributed by atoms with E-state index in [0.717, 1.165) is 32.4 Å². The predicted molar refractivity (Wildman–Crippen MR) is 314 cm³/mol. The largest absolute Gasteiger partial charge is 0.495 e. The molecule has 10 atom stereocenters. The van der Waals surface area contributed by atoms with Gasteiger partial charge in [0.25, 0.3) is 7.52 Å². The van der Waals surface area contributed by atoms with Crippen molar-refractivity contribution in [3.8, 4) is 5.75 Å². The SMILES string of the molecule is CNN(C)Cc1cc2ccccc2n1CCC(=O)N[C@@H](CCC(=O)O)C(=O)NCCOCCOCCP(=O)(O)N(C)[C@@H](C)C(=O)O[C@H]1CC(=O)N(C)c2cc(cc(OC)c2Cl)C/C(C)=C/C=C/[C@@H](OC)[C@@]2(O)C[C@H](OC(=O)N2)[C@@H](C)[C@@H]2C[C@]12C. The number of para-hydroxylation sites is 1. The van der Waals surface area contributed by atoms with Crippen LogP contribution < -0.4 is 31.0 Å². The lowest BCUT2D eigenvalue weighted by Crippen LogP contribution is -2.63. The van der Waals surface area contributed by atoms with Gasteiger partial charge in [0.15, 0.2) is 5.72 Å². The summed E-state index contributed by atoms with van der Waals surface area (Å²) < 4.78 is 51.4. The predicted octanol–water partition coefficient (Wildman–Crippen LogP) is 5.15. The Balaban J connectivity index is 1.02. The normalized spacial score (nSPS) is 25.3. The van der Waals surface area contributed by atoms with Crippen molar-refractivity contribution in [2.45, 2.75) is 122 Å². The lowest BCUT2D eigenvalue weighted by atomic mass is 9.83. The molecule has 3 aromatic rings. The highest BCUT2D eigenvalue weighted by Gasteiger charge is 2.62. The molecule has 1 saturated carbocycles. The Bertz CT molecular complexity index is 2940. The average Bonchev–Trinajstić information content (AvgIpc) is 1.69. The van der Waals surface area contributed by atoms with E-state index in [2.05, 4.69) is 27.4 Å². The average molecular weight is 1220 g/mol.